The molecule has 0 unspecified atom stereocenters. The van der Waals surface area contributed by atoms with Crippen LogP contribution in [-0.2, 0) is 20.9 Å². The van der Waals surface area contributed by atoms with Crippen molar-refractivity contribution in [2.24, 2.45) is 0 Å². The predicted octanol–water partition coefficient (Wildman–Crippen LogP) is 2.62. The first-order valence-corrected chi connectivity index (χ1v) is 5.98. The summed E-state index contributed by atoms with van der Waals surface area (Å²) in [7, 11) is 1.01. The van der Waals surface area contributed by atoms with E-state index in [9.17, 15) is 18.4 Å². The monoisotopic (exact) mass is 299 g/mol. The van der Waals surface area contributed by atoms with Crippen LogP contribution in [0, 0.1) is 0 Å². The summed E-state index contributed by atoms with van der Waals surface area (Å²) in [5.74, 6) is -4.37. The molecule has 0 saturated carbocycles. The van der Waals surface area contributed by atoms with Crippen LogP contribution in [0.4, 0.5) is 13.6 Å². The molecule has 0 aliphatic heterocycles. The maximum absolute atomic E-state index is 12.9. The van der Waals surface area contributed by atoms with Crippen LogP contribution in [-0.4, -0.2) is 25.1 Å². The number of alkyl halides is 2. The first-order chi connectivity index (χ1) is 9.81. The number of esters is 1. The lowest BCUT2D eigenvalue weighted by molar-refractivity contribution is -0.136. The molecule has 0 aromatic heterocycles. The average Bonchev–Trinajstić information content (AvgIpc) is 2.43. The molecule has 0 aliphatic carbocycles. The summed E-state index contributed by atoms with van der Waals surface area (Å²) in [4.78, 5) is 22.8. The Morgan fingerprint density at radius 3 is 2.43 bits per heavy atom. The fourth-order valence-corrected chi connectivity index (χ4v) is 1.38. The number of hydrogen-bond acceptors (Lipinski definition) is 4. The highest BCUT2D eigenvalue weighted by molar-refractivity contribution is 5.92. The number of hydrogen-bond donors (Lipinski definition) is 1. The molecule has 0 fully saturated rings. The molecule has 0 bridgehead atoms. The Hall–Kier alpha value is -2.44. The Morgan fingerprint density at radius 2 is 1.90 bits per heavy atom. The van der Waals surface area contributed by atoms with Gasteiger partial charge in [-0.3, -0.25) is 5.32 Å². The van der Waals surface area contributed by atoms with Gasteiger partial charge in [0.2, 0.25) is 0 Å². The molecular weight excluding hydrogens is 284 g/mol. The molecule has 114 valence electrons. The van der Waals surface area contributed by atoms with Crippen molar-refractivity contribution < 1.29 is 27.8 Å². The fraction of sp³-hybridized carbons (Fsp3) is 0.286. The second kappa shape index (κ2) is 7.37. The number of alkyl carbamates (subject to hydrolysis) is 1. The van der Waals surface area contributed by atoms with Crippen LogP contribution in [0.3, 0.4) is 0 Å². The first kappa shape index (κ1) is 16.6. The van der Waals surface area contributed by atoms with Crippen LogP contribution in [0.5, 0.6) is 0 Å². The Bertz CT molecular complexity index is 524. The Balaban J connectivity index is 2.65. The van der Waals surface area contributed by atoms with Crippen LogP contribution in [0.15, 0.2) is 42.1 Å². The Kier molecular flexibility index (Phi) is 5.83. The fourth-order valence-electron chi connectivity index (χ4n) is 1.38. The van der Waals surface area contributed by atoms with Crippen LogP contribution >= 0.6 is 0 Å². The second-order valence-corrected chi connectivity index (χ2v) is 4.19. The number of halogens is 2. The molecule has 0 radical (unpaired) electrons. The van der Waals surface area contributed by atoms with Gasteiger partial charge in [0.25, 0.3) is 5.92 Å². The summed E-state index contributed by atoms with van der Waals surface area (Å²) in [6.45, 7) is 0.524. The van der Waals surface area contributed by atoms with Crippen molar-refractivity contribution in [3.8, 4) is 0 Å². The zero-order valence-corrected chi connectivity index (χ0v) is 11.6. The third-order valence-electron chi connectivity index (χ3n) is 2.25. The summed E-state index contributed by atoms with van der Waals surface area (Å²) in [5.41, 5.74) is 0.0418. The smallest absolute Gasteiger partial charge is 0.412 e. The second-order valence-electron chi connectivity index (χ2n) is 4.19. The molecule has 1 N–H and O–H groups in total. The first-order valence-electron chi connectivity index (χ1n) is 5.98. The Morgan fingerprint density at radius 1 is 1.29 bits per heavy atom. The van der Waals surface area contributed by atoms with Gasteiger partial charge in [0.05, 0.1) is 7.11 Å². The van der Waals surface area contributed by atoms with E-state index >= 15 is 0 Å². The Labute approximate surface area is 120 Å². The van der Waals surface area contributed by atoms with E-state index in [1.807, 2.05) is 5.32 Å². The third kappa shape index (κ3) is 6.51. The van der Waals surface area contributed by atoms with Gasteiger partial charge in [0, 0.05) is 13.0 Å². The van der Waals surface area contributed by atoms with Gasteiger partial charge >= 0.3 is 12.1 Å². The standard InChI is InChI=1S/C14H15F2NO4/c1-14(15,16)8-11(12(18)20-2)17-13(19)21-9-10-6-4-3-5-7-10/h3-8H,9H2,1-2H3,(H,17,19)/b11-8+. The third-order valence-corrected chi connectivity index (χ3v) is 2.25. The number of nitrogens with one attached hydrogen (secondary N) is 1. The minimum Gasteiger partial charge on any atom is -0.464 e. The van der Waals surface area contributed by atoms with E-state index in [2.05, 4.69) is 4.74 Å². The average molecular weight is 299 g/mol. The molecule has 0 atom stereocenters. The van der Waals surface area contributed by atoms with Gasteiger partial charge in [-0.25, -0.2) is 18.4 Å². The maximum Gasteiger partial charge on any atom is 0.412 e. The van der Waals surface area contributed by atoms with Crippen LogP contribution < -0.4 is 5.32 Å². The van der Waals surface area contributed by atoms with Crippen molar-refractivity contribution in [1.82, 2.24) is 5.32 Å². The van der Waals surface area contributed by atoms with Gasteiger partial charge < -0.3 is 9.47 Å². The zero-order valence-electron chi connectivity index (χ0n) is 11.6. The van der Waals surface area contributed by atoms with Gasteiger partial charge in [-0.1, -0.05) is 30.3 Å². The van der Waals surface area contributed by atoms with Crippen molar-refractivity contribution in [1.29, 1.82) is 0 Å². The zero-order chi connectivity index (χ0) is 15.9. The van der Waals surface area contributed by atoms with E-state index in [4.69, 9.17) is 4.74 Å². The van der Waals surface area contributed by atoms with Crippen molar-refractivity contribution in [2.45, 2.75) is 19.5 Å². The summed E-state index contributed by atoms with van der Waals surface area (Å²) < 4.78 is 34.9. The lowest BCUT2D eigenvalue weighted by Crippen LogP contribution is -2.30. The molecule has 0 saturated heterocycles. The summed E-state index contributed by atoms with van der Waals surface area (Å²) in [6.07, 6.45) is -0.734. The summed E-state index contributed by atoms with van der Waals surface area (Å²) in [5, 5.41) is 1.94. The van der Waals surface area contributed by atoms with E-state index in [0.29, 0.717) is 13.0 Å². The largest absolute Gasteiger partial charge is 0.464 e. The molecule has 7 heteroatoms. The van der Waals surface area contributed by atoms with Crippen molar-refractivity contribution >= 4 is 12.1 Å². The molecule has 1 aromatic carbocycles. The lowest BCUT2D eigenvalue weighted by Gasteiger charge is -2.11. The van der Waals surface area contributed by atoms with E-state index in [0.717, 1.165) is 12.7 Å². The van der Waals surface area contributed by atoms with Crippen LogP contribution in [0.25, 0.3) is 0 Å². The van der Waals surface area contributed by atoms with Gasteiger partial charge in [0.1, 0.15) is 12.3 Å². The molecule has 0 aliphatic rings. The van der Waals surface area contributed by atoms with Crippen LogP contribution in [0.1, 0.15) is 12.5 Å². The number of amides is 1. The minimum atomic E-state index is -3.28. The number of benzene rings is 1. The van der Waals surface area contributed by atoms with Crippen molar-refractivity contribution in [2.75, 3.05) is 7.11 Å². The quantitative estimate of drug-likeness (QED) is 0.670. The van der Waals surface area contributed by atoms with Gasteiger partial charge in [-0.15, -0.1) is 0 Å². The number of carbonyl (C=O) groups is 2. The van der Waals surface area contributed by atoms with E-state index in [-0.39, 0.29) is 6.61 Å². The van der Waals surface area contributed by atoms with Gasteiger partial charge in [-0.2, -0.15) is 0 Å². The number of ether oxygens (including phenoxy) is 2. The number of methoxy groups -OCH3 is 1. The van der Waals surface area contributed by atoms with E-state index in [1.165, 1.54) is 0 Å². The van der Waals surface area contributed by atoms with E-state index in [1.54, 1.807) is 30.3 Å². The molecule has 1 amide bonds. The highest BCUT2D eigenvalue weighted by atomic mass is 19.3. The topological polar surface area (TPSA) is 64.6 Å². The highest BCUT2D eigenvalue weighted by Crippen LogP contribution is 2.15. The predicted molar refractivity (Wildman–Crippen MR) is 70.5 cm³/mol. The molecule has 1 aromatic rings. The van der Waals surface area contributed by atoms with E-state index < -0.39 is 23.7 Å². The number of carbonyl (C=O) groups excluding carboxylic acids is 2. The minimum absolute atomic E-state index is 0.0519. The van der Waals surface area contributed by atoms with Crippen LogP contribution in [0.2, 0.25) is 0 Å². The maximum atomic E-state index is 12.9. The van der Waals surface area contributed by atoms with Gasteiger partial charge in [0.15, 0.2) is 0 Å². The molecule has 21 heavy (non-hydrogen) atoms. The SMILES string of the molecule is COC(=O)/C(=C\C(C)(F)F)NC(=O)OCc1ccccc1. The molecule has 5 nitrogen and oxygen atoms in total. The highest BCUT2D eigenvalue weighted by Gasteiger charge is 2.24. The molecule has 0 heterocycles. The normalized spacial score (nSPS) is 11.7. The number of allylic oxidation sites excluding steroid dienone is 1. The molecule has 0 spiro atoms. The van der Waals surface area contributed by atoms with Crippen molar-refractivity contribution in [3.05, 3.63) is 47.7 Å². The summed E-state index contributed by atoms with van der Waals surface area (Å²) >= 11 is 0. The van der Waals surface area contributed by atoms with Gasteiger partial charge in [-0.05, 0) is 5.56 Å². The summed E-state index contributed by atoms with van der Waals surface area (Å²) in [6, 6.07) is 8.77. The number of rotatable bonds is 5. The van der Waals surface area contributed by atoms with Crippen molar-refractivity contribution in [3.63, 3.8) is 0 Å². The molecular formula is C14H15F2NO4. The lowest BCUT2D eigenvalue weighted by atomic mass is 10.2. The molecule has 1 rings (SSSR count).